The number of aliphatic hydroxyl groups excluding tert-OH is 1. The van der Waals surface area contributed by atoms with Crippen LogP contribution in [0.4, 0.5) is 0 Å². The zero-order chi connectivity index (χ0) is 9.34. The van der Waals surface area contributed by atoms with Crippen molar-refractivity contribution < 1.29 is 5.11 Å². The van der Waals surface area contributed by atoms with E-state index in [0.717, 1.165) is 29.6 Å². The van der Waals surface area contributed by atoms with Gasteiger partial charge >= 0.3 is 0 Å². The molecule has 1 heteroatoms. The van der Waals surface area contributed by atoms with Crippen molar-refractivity contribution in [1.82, 2.24) is 0 Å². The number of hydrogen-bond acceptors (Lipinski definition) is 1. The van der Waals surface area contributed by atoms with Gasteiger partial charge in [0.2, 0.25) is 0 Å². The molecule has 0 aromatic rings. The summed E-state index contributed by atoms with van der Waals surface area (Å²) in [6, 6.07) is 0. The molecule has 0 heterocycles. The Bertz CT molecular complexity index is 250. The van der Waals surface area contributed by atoms with Gasteiger partial charge in [-0.25, -0.2) is 0 Å². The molecule has 4 aliphatic carbocycles. The Kier molecular flexibility index (Phi) is 1.38. The number of rotatable bonds is 1. The van der Waals surface area contributed by atoms with E-state index in [-0.39, 0.29) is 0 Å². The highest BCUT2D eigenvalue weighted by molar-refractivity contribution is 5.16. The molecular weight excluding hydrogens is 172 g/mol. The summed E-state index contributed by atoms with van der Waals surface area (Å²) in [7, 11) is 0. The second-order valence-electron chi connectivity index (χ2n) is 6.34. The fraction of sp³-hybridized carbons (Fsp3) is 1.00. The van der Waals surface area contributed by atoms with E-state index in [9.17, 15) is 5.11 Å². The van der Waals surface area contributed by atoms with E-state index in [4.69, 9.17) is 0 Å². The first-order chi connectivity index (χ1) is 6.86. The minimum atomic E-state index is 0.436. The summed E-state index contributed by atoms with van der Waals surface area (Å²) in [6.45, 7) is 0.514. The summed E-state index contributed by atoms with van der Waals surface area (Å²) < 4.78 is 0. The van der Waals surface area contributed by atoms with E-state index in [1.807, 2.05) is 0 Å². The average Bonchev–Trinajstić information content (AvgIpc) is 2.95. The van der Waals surface area contributed by atoms with Crippen molar-refractivity contribution in [3.8, 4) is 0 Å². The van der Waals surface area contributed by atoms with Gasteiger partial charge in [0.15, 0.2) is 0 Å². The van der Waals surface area contributed by atoms with Crippen LogP contribution in [0.2, 0.25) is 0 Å². The largest absolute Gasteiger partial charge is 0.396 e. The molecule has 0 amide bonds. The van der Waals surface area contributed by atoms with Crippen LogP contribution in [0.3, 0.4) is 0 Å². The van der Waals surface area contributed by atoms with Crippen LogP contribution in [-0.4, -0.2) is 11.7 Å². The Labute approximate surface area is 85.9 Å². The first kappa shape index (κ1) is 8.15. The molecule has 4 atom stereocenters. The maximum atomic E-state index is 9.87. The molecular formula is C13H20O. The molecule has 4 saturated carbocycles. The number of hydrogen-bond donors (Lipinski definition) is 1. The van der Waals surface area contributed by atoms with Gasteiger partial charge in [-0.15, -0.1) is 0 Å². The summed E-state index contributed by atoms with van der Waals surface area (Å²) >= 11 is 0. The van der Waals surface area contributed by atoms with Gasteiger partial charge in [-0.1, -0.05) is 0 Å². The molecule has 4 fully saturated rings. The third-order valence-electron chi connectivity index (χ3n) is 6.38. The molecule has 0 aromatic carbocycles. The number of fused-ring (bicyclic) bond motifs is 9. The lowest BCUT2D eigenvalue weighted by Crippen LogP contribution is -2.44. The molecule has 14 heavy (non-hydrogen) atoms. The van der Waals surface area contributed by atoms with Crippen molar-refractivity contribution in [2.75, 3.05) is 6.61 Å². The van der Waals surface area contributed by atoms with Gasteiger partial charge in [-0.05, 0) is 68.1 Å². The minimum Gasteiger partial charge on any atom is -0.396 e. The van der Waals surface area contributed by atoms with E-state index in [0.29, 0.717) is 12.0 Å². The molecule has 0 spiro atoms. The van der Waals surface area contributed by atoms with Crippen molar-refractivity contribution in [3.05, 3.63) is 0 Å². The summed E-state index contributed by atoms with van der Waals surface area (Å²) in [5, 5.41) is 9.87. The van der Waals surface area contributed by atoms with Crippen LogP contribution in [0, 0.1) is 35.0 Å². The monoisotopic (exact) mass is 192 g/mol. The molecule has 0 saturated heterocycles. The standard InChI is InChI=1S/C13H20O/c14-7-13-10-3-1-8(5-10)12(13)9-2-4-11(13)6-9/h8-12,14H,1-7H2. The maximum Gasteiger partial charge on any atom is 0.0495 e. The zero-order valence-electron chi connectivity index (χ0n) is 8.78. The normalized spacial score (nSPS) is 63.6. The van der Waals surface area contributed by atoms with E-state index < -0.39 is 0 Å². The van der Waals surface area contributed by atoms with Crippen LogP contribution in [0.5, 0.6) is 0 Å². The predicted molar refractivity (Wildman–Crippen MR) is 54.7 cm³/mol. The molecule has 4 unspecified atom stereocenters. The van der Waals surface area contributed by atoms with Crippen molar-refractivity contribution >= 4 is 0 Å². The van der Waals surface area contributed by atoms with Gasteiger partial charge in [-0.3, -0.25) is 0 Å². The van der Waals surface area contributed by atoms with E-state index in [1.54, 1.807) is 0 Å². The first-order valence-corrected chi connectivity index (χ1v) is 6.47. The molecule has 0 aliphatic heterocycles. The maximum absolute atomic E-state index is 9.87. The Hall–Kier alpha value is -0.0400. The molecule has 1 nitrogen and oxygen atoms in total. The van der Waals surface area contributed by atoms with Crippen LogP contribution in [-0.2, 0) is 0 Å². The van der Waals surface area contributed by atoms with Gasteiger partial charge < -0.3 is 5.11 Å². The lowest BCUT2D eigenvalue weighted by molar-refractivity contribution is -0.0318. The summed E-state index contributed by atoms with van der Waals surface area (Å²) in [4.78, 5) is 0. The lowest BCUT2D eigenvalue weighted by atomic mass is 9.59. The Morgan fingerprint density at radius 3 is 1.93 bits per heavy atom. The first-order valence-electron chi connectivity index (χ1n) is 6.47. The predicted octanol–water partition coefficient (Wildman–Crippen LogP) is 2.44. The Morgan fingerprint density at radius 1 is 0.929 bits per heavy atom. The van der Waals surface area contributed by atoms with Gasteiger partial charge in [-0.2, -0.15) is 0 Å². The van der Waals surface area contributed by atoms with Crippen LogP contribution in [0.1, 0.15) is 38.5 Å². The van der Waals surface area contributed by atoms with Crippen molar-refractivity contribution in [1.29, 1.82) is 0 Å². The summed E-state index contributed by atoms with van der Waals surface area (Å²) in [5.41, 5.74) is 0.436. The molecule has 0 radical (unpaired) electrons. The fourth-order valence-corrected chi connectivity index (χ4v) is 6.17. The average molecular weight is 192 g/mol. The SMILES string of the molecule is OCC12C3CCC(C3)C1C1CCC2C1. The second kappa shape index (κ2) is 2.37. The minimum absolute atomic E-state index is 0.436. The number of aliphatic hydroxyl groups is 1. The smallest absolute Gasteiger partial charge is 0.0495 e. The van der Waals surface area contributed by atoms with Crippen molar-refractivity contribution in [2.45, 2.75) is 38.5 Å². The Balaban J connectivity index is 1.83. The van der Waals surface area contributed by atoms with Gasteiger partial charge in [0.05, 0.1) is 0 Å². The van der Waals surface area contributed by atoms with E-state index in [2.05, 4.69) is 0 Å². The third kappa shape index (κ3) is 0.651. The molecule has 4 rings (SSSR count). The third-order valence-corrected chi connectivity index (χ3v) is 6.38. The van der Waals surface area contributed by atoms with E-state index in [1.165, 1.54) is 38.5 Å². The summed E-state index contributed by atoms with van der Waals surface area (Å²) in [5.74, 6) is 4.81. The van der Waals surface area contributed by atoms with Gasteiger partial charge in [0, 0.05) is 12.0 Å². The Morgan fingerprint density at radius 2 is 1.50 bits per heavy atom. The van der Waals surface area contributed by atoms with Gasteiger partial charge in [0.25, 0.3) is 0 Å². The molecule has 4 aliphatic rings. The molecule has 4 bridgehead atoms. The molecule has 0 aromatic heterocycles. The highest BCUT2D eigenvalue weighted by Gasteiger charge is 2.68. The van der Waals surface area contributed by atoms with Crippen LogP contribution in [0.15, 0.2) is 0 Å². The van der Waals surface area contributed by atoms with Crippen LogP contribution >= 0.6 is 0 Å². The van der Waals surface area contributed by atoms with Gasteiger partial charge in [0.1, 0.15) is 0 Å². The van der Waals surface area contributed by atoms with Crippen LogP contribution in [0.25, 0.3) is 0 Å². The molecule has 1 N–H and O–H groups in total. The summed E-state index contributed by atoms with van der Waals surface area (Å²) in [6.07, 6.45) is 8.78. The fourth-order valence-electron chi connectivity index (χ4n) is 6.17. The van der Waals surface area contributed by atoms with E-state index >= 15 is 0 Å². The lowest BCUT2D eigenvalue weighted by Gasteiger charge is -2.46. The molecule has 78 valence electrons. The van der Waals surface area contributed by atoms with Crippen molar-refractivity contribution in [2.24, 2.45) is 35.0 Å². The zero-order valence-corrected chi connectivity index (χ0v) is 8.78. The second-order valence-corrected chi connectivity index (χ2v) is 6.34. The quantitative estimate of drug-likeness (QED) is 0.633. The topological polar surface area (TPSA) is 20.2 Å². The highest BCUT2D eigenvalue weighted by atomic mass is 16.3. The van der Waals surface area contributed by atoms with Crippen molar-refractivity contribution in [3.63, 3.8) is 0 Å². The highest BCUT2D eigenvalue weighted by Crippen LogP contribution is 2.73. The van der Waals surface area contributed by atoms with Crippen LogP contribution < -0.4 is 0 Å².